The molecule has 2 atom stereocenters. The lowest BCUT2D eigenvalue weighted by Gasteiger charge is -2.33. The zero-order valence-electron chi connectivity index (χ0n) is 70.4. The highest BCUT2D eigenvalue weighted by molar-refractivity contribution is 5.96. The van der Waals surface area contributed by atoms with Crippen LogP contribution in [0.4, 0.5) is 34.1 Å². The number of fused-ring (bicyclic) bond motifs is 12. The van der Waals surface area contributed by atoms with Crippen LogP contribution in [0.15, 0.2) is 243 Å². The zero-order chi connectivity index (χ0) is 78.3. The molecule has 2 unspecified atom stereocenters. The van der Waals surface area contributed by atoms with Crippen LogP contribution in [0.1, 0.15) is 323 Å². The Morgan fingerprint density at radius 3 is 0.879 bits per heavy atom. The Bertz CT molecular complexity index is 5680. The largest absolute Gasteiger partial charge is 0.310 e. The van der Waals surface area contributed by atoms with Crippen LogP contribution in [0.25, 0.3) is 66.8 Å². The molecule has 0 aliphatic heterocycles. The summed E-state index contributed by atoms with van der Waals surface area (Å²) in [6, 6.07) is 98.8. The van der Waals surface area contributed by atoms with Crippen LogP contribution in [-0.2, 0) is 21.7 Å². The lowest BCUT2D eigenvalue weighted by molar-refractivity contribution is 0.393. The van der Waals surface area contributed by atoms with E-state index >= 15 is 0 Å². The van der Waals surface area contributed by atoms with Crippen molar-refractivity contribution < 1.29 is 0 Å². The van der Waals surface area contributed by atoms with Crippen molar-refractivity contribution in [3.8, 4) is 66.8 Å². The number of rotatable bonds is 14. The van der Waals surface area contributed by atoms with Crippen LogP contribution < -0.4 is 9.80 Å². The van der Waals surface area contributed by atoms with Gasteiger partial charge in [0.2, 0.25) is 0 Å². The Morgan fingerprint density at radius 2 is 0.474 bits per heavy atom. The van der Waals surface area contributed by atoms with E-state index in [0.29, 0.717) is 35.5 Å². The van der Waals surface area contributed by atoms with Crippen LogP contribution in [0, 0.1) is 0 Å². The molecule has 2 nitrogen and oxygen atoms in total. The Morgan fingerprint density at radius 1 is 0.198 bits per heavy atom. The fraction of sp³-hybridized carbons (Fsp3) is 0.368. The van der Waals surface area contributed by atoms with Crippen molar-refractivity contribution in [2.24, 2.45) is 0 Å². The van der Waals surface area contributed by atoms with Crippen molar-refractivity contribution in [1.82, 2.24) is 0 Å². The van der Waals surface area contributed by atoms with E-state index in [1.54, 1.807) is 22.3 Å². The molecule has 2 heteroatoms. The molecule has 21 rings (SSSR count). The maximum atomic E-state index is 2.73. The molecule has 12 aromatic rings. The first kappa shape index (κ1) is 73.8. The van der Waals surface area contributed by atoms with Crippen LogP contribution in [0.3, 0.4) is 0 Å². The first-order valence-electron chi connectivity index (χ1n) is 45.7. The topological polar surface area (TPSA) is 6.48 Å². The van der Waals surface area contributed by atoms with Gasteiger partial charge in [-0.05, 0) is 306 Å². The van der Waals surface area contributed by atoms with Gasteiger partial charge in [0.05, 0.1) is 11.4 Å². The van der Waals surface area contributed by atoms with Gasteiger partial charge in [-0.1, -0.05) is 315 Å². The van der Waals surface area contributed by atoms with Gasteiger partial charge < -0.3 is 9.80 Å². The third-order valence-electron chi connectivity index (χ3n) is 31.3. The minimum absolute atomic E-state index is 0.146. The summed E-state index contributed by atoms with van der Waals surface area (Å²) < 4.78 is 0. The van der Waals surface area contributed by atoms with Crippen molar-refractivity contribution >= 4 is 34.1 Å². The highest BCUT2D eigenvalue weighted by Gasteiger charge is 2.43. The fourth-order valence-corrected chi connectivity index (χ4v) is 24.8. The van der Waals surface area contributed by atoms with Crippen LogP contribution in [-0.4, -0.2) is 0 Å². The number of anilines is 6. The maximum absolute atomic E-state index is 2.73. The molecule has 5 fully saturated rings. The van der Waals surface area contributed by atoms with E-state index in [2.05, 4.69) is 308 Å². The molecule has 9 aliphatic carbocycles. The van der Waals surface area contributed by atoms with E-state index in [1.807, 2.05) is 0 Å². The summed E-state index contributed by atoms with van der Waals surface area (Å²) in [7, 11) is 0. The highest BCUT2D eigenvalue weighted by Crippen LogP contribution is 2.59. The van der Waals surface area contributed by atoms with Gasteiger partial charge in [-0.3, -0.25) is 0 Å². The summed E-state index contributed by atoms with van der Waals surface area (Å²) in [5.74, 6) is 3.31. The summed E-state index contributed by atoms with van der Waals surface area (Å²) in [5.41, 5.74) is 43.9. The van der Waals surface area contributed by atoms with Crippen LogP contribution >= 0.6 is 0 Å². The Kier molecular flexibility index (Phi) is 18.5. The molecule has 0 aromatic heterocycles. The van der Waals surface area contributed by atoms with E-state index in [-0.39, 0.29) is 21.7 Å². The Hall–Kier alpha value is -9.76. The van der Waals surface area contributed by atoms with Gasteiger partial charge in [-0.15, -0.1) is 0 Å². The van der Waals surface area contributed by atoms with Gasteiger partial charge in [0.15, 0.2) is 0 Å². The van der Waals surface area contributed by atoms with Crippen molar-refractivity contribution in [2.75, 3.05) is 9.80 Å². The summed E-state index contributed by atoms with van der Waals surface area (Å²) in [6.45, 7) is 19.7. The molecule has 116 heavy (non-hydrogen) atoms. The first-order chi connectivity index (χ1) is 56.5. The quantitative estimate of drug-likeness (QED) is 0.107. The third kappa shape index (κ3) is 12.5. The third-order valence-corrected chi connectivity index (χ3v) is 31.3. The molecular weight excluding hydrogens is 1400 g/mol. The molecule has 0 heterocycles. The maximum Gasteiger partial charge on any atom is 0.0540 e. The number of nitrogens with zero attached hydrogens (tertiary/aromatic N) is 2. The lowest BCUT2D eigenvalue weighted by atomic mass is 9.73. The predicted octanol–water partition coefficient (Wildman–Crippen LogP) is 32.8. The van der Waals surface area contributed by atoms with E-state index in [1.165, 1.54) is 304 Å². The van der Waals surface area contributed by atoms with Crippen molar-refractivity contribution in [3.63, 3.8) is 0 Å². The number of hydrogen-bond donors (Lipinski definition) is 0. The summed E-state index contributed by atoms with van der Waals surface area (Å²) in [4.78, 5) is 5.36. The van der Waals surface area contributed by atoms with Gasteiger partial charge in [0, 0.05) is 55.5 Å². The second-order valence-electron chi connectivity index (χ2n) is 39.5. The number of para-hydroxylation sites is 1. The highest BCUT2D eigenvalue weighted by atomic mass is 15.2. The molecule has 0 N–H and O–H groups in total. The van der Waals surface area contributed by atoms with Gasteiger partial charge in [-0.25, -0.2) is 0 Å². The Balaban J connectivity index is 0.650. The smallest absolute Gasteiger partial charge is 0.0540 e. The minimum atomic E-state index is -0.235. The monoisotopic (exact) mass is 1510 g/mol. The Labute approximate surface area is 693 Å². The lowest BCUT2D eigenvalue weighted by Crippen LogP contribution is -2.19. The molecular formula is C114H118N2. The van der Waals surface area contributed by atoms with E-state index < -0.39 is 0 Å². The van der Waals surface area contributed by atoms with Crippen LogP contribution in [0.2, 0.25) is 0 Å². The SMILES string of the molecule is CC1(C)c2ccccc2-c2ccc(N(c3ccc4c(c3)C(C)(C)c3ccccc3-4)c3ccccc3-c3cc(C4CCCCC4)cc(C4CCCC(c5ccc6c(c5)C(C)(C)c5cc(N(c7ccc8c(c7)C(C)(C)c7ccccc7-8)c7ccc(C8CCCCC8)cc7-c7cc(C8CCCCC8)cc(C8CCCCC8)c7)ccc5-6)C4)c3)cc21. The minimum Gasteiger partial charge on any atom is -0.310 e. The second-order valence-corrected chi connectivity index (χ2v) is 39.5. The van der Waals surface area contributed by atoms with Crippen molar-refractivity contribution in [2.45, 2.75) is 267 Å². The summed E-state index contributed by atoms with van der Waals surface area (Å²) in [5, 5.41) is 0. The molecule has 0 radical (unpaired) electrons. The zero-order valence-corrected chi connectivity index (χ0v) is 70.4. The molecule has 0 saturated heterocycles. The van der Waals surface area contributed by atoms with E-state index in [9.17, 15) is 0 Å². The summed E-state index contributed by atoms with van der Waals surface area (Å²) >= 11 is 0. The summed E-state index contributed by atoms with van der Waals surface area (Å²) in [6.07, 6.45) is 31.2. The molecule has 0 bridgehead atoms. The molecule has 0 amide bonds. The van der Waals surface area contributed by atoms with Crippen molar-refractivity contribution in [1.29, 1.82) is 0 Å². The van der Waals surface area contributed by atoms with E-state index in [4.69, 9.17) is 0 Å². The van der Waals surface area contributed by atoms with Crippen LogP contribution in [0.5, 0.6) is 0 Å². The average Bonchev–Trinajstić information content (AvgIpc) is 1.56. The molecule has 0 spiro atoms. The van der Waals surface area contributed by atoms with Gasteiger partial charge in [-0.2, -0.15) is 0 Å². The molecule has 584 valence electrons. The predicted molar refractivity (Wildman–Crippen MR) is 491 cm³/mol. The van der Waals surface area contributed by atoms with Gasteiger partial charge in [0.1, 0.15) is 0 Å². The van der Waals surface area contributed by atoms with E-state index in [0.717, 1.165) is 6.42 Å². The van der Waals surface area contributed by atoms with Gasteiger partial charge >= 0.3 is 0 Å². The van der Waals surface area contributed by atoms with Gasteiger partial charge in [0.25, 0.3) is 0 Å². The van der Waals surface area contributed by atoms with Crippen molar-refractivity contribution in [3.05, 3.63) is 321 Å². The molecule has 12 aromatic carbocycles. The number of benzene rings is 12. The fourth-order valence-electron chi connectivity index (χ4n) is 24.8. The molecule has 5 saturated carbocycles. The normalized spacial score (nSPS) is 20.2. The second kappa shape index (κ2) is 29.1. The number of hydrogen-bond acceptors (Lipinski definition) is 2. The average molecular weight is 1520 g/mol. The standard InChI is InChI=1S/C114H118N2/c1-111(2)101-44-25-21-41-92(101)96-55-50-87(69-105(96)111)115(88-51-56-97-93-42-22-26-45-102(93)112(3,4)106(97)70-88)109-47-28-24-40-91(109)85-63-83(76-36-19-12-20-37-76)62-84(66-85)78-39-29-38-77(60-78)80-48-54-95-99-58-53-90(72-108(99)114(7,8)104(95)68-80)116(89-52-57-98-94-43-23-27-46-103(94)113(5,6)107(98)71-89)110-59-49-79(73-30-13-9-14-31-73)67-100(110)86-64-81(74-32-15-10-16-33-74)61-82(65-86)75-34-17-11-18-35-75/h21-28,40-59,61-78H,9-20,29-39,60H2,1-8H3. The molecule has 9 aliphatic rings. The first-order valence-corrected chi connectivity index (χ1v) is 45.7.